The number of nitrogens with two attached hydrogens (primary N) is 1. The maximum Gasteiger partial charge on any atom is 0.243 e. The third-order valence-electron chi connectivity index (χ3n) is 5.81. The summed E-state index contributed by atoms with van der Waals surface area (Å²) < 4.78 is 0. The first kappa shape index (κ1) is 21.3. The number of anilines is 1. The number of nitrogens with zero attached hydrogens (tertiary/aromatic N) is 2. The van der Waals surface area contributed by atoms with E-state index in [1.807, 2.05) is 24.3 Å². The first-order valence-electron chi connectivity index (χ1n) is 10.7. The normalized spacial score (nSPS) is 21.3. The standard InChI is InChI=1S/C22H32N4O3/c23-22(29)18-6-5-12-25(15-18)14-17-8-10-19(11-9-17)24-20(27)16-26-13-4-2-1-3-7-21(26)28/h8-11,18H,1-7,12-16H2,(H2,23,29)(H,24,27). The minimum absolute atomic E-state index is 0.0618. The molecule has 3 N–H and O–H groups in total. The Morgan fingerprint density at radius 1 is 1.03 bits per heavy atom. The Balaban J connectivity index is 1.48. The maximum absolute atomic E-state index is 12.4. The van der Waals surface area contributed by atoms with Crippen LogP contribution in [-0.4, -0.2) is 53.7 Å². The third kappa shape index (κ3) is 6.56. The Morgan fingerprint density at radius 2 is 1.79 bits per heavy atom. The molecule has 0 spiro atoms. The van der Waals surface area contributed by atoms with Crippen LogP contribution in [0.5, 0.6) is 0 Å². The summed E-state index contributed by atoms with van der Waals surface area (Å²) >= 11 is 0. The number of carbonyl (C=O) groups is 3. The second-order valence-electron chi connectivity index (χ2n) is 8.20. The van der Waals surface area contributed by atoms with Crippen LogP contribution in [0.1, 0.15) is 50.5 Å². The molecule has 0 aliphatic carbocycles. The van der Waals surface area contributed by atoms with Gasteiger partial charge < -0.3 is 16.0 Å². The number of piperidine rings is 1. The van der Waals surface area contributed by atoms with Gasteiger partial charge in [-0.1, -0.05) is 25.0 Å². The smallest absolute Gasteiger partial charge is 0.243 e. The first-order valence-corrected chi connectivity index (χ1v) is 10.7. The fraction of sp³-hybridized carbons (Fsp3) is 0.591. The zero-order valence-corrected chi connectivity index (χ0v) is 17.1. The number of hydrogen-bond donors (Lipinski definition) is 2. The van der Waals surface area contributed by atoms with Gasteiger partial charge in [0, 0.05) is 31.7 Å². The van der Waals surface area contributed by atoms with Crippen molar-refractivity contribution in [2.45, 2.75) is 51.5 Å². The predicted molar refractivity (Wildman–Crippen MR) is 112 cm³/mol. The predicted octanol–water partition coefficient (Wildman–Crippen LogP) is 2.12. The highest BCUT2D eigenvalue weighted by atomic mass is 16.2. The molecule has 2 saturated heterocycles. The Labute approximate surface area is 172 Å². The van der Waals surface area contributed by atoms with E-state index in [0.29, 0.717) is 19.5 Å². The van der Waals surface area contributed by atoms with Gasteiger partial charge in [-0.25, -0.2) is 0 Å². The van der Waals surface area contributed by atoms with Crippen LogP contribution in [0, 0.1) is 5.92 Å². The van der Waals surface area contributed by atoms with Gasteiger partial charge in [0.05, 0.1) is 12.5 Å². The van der Waals surface area contributed by atoms with Crippen LogP contribution in [0.4, 0.5) is 5.69 Å². The van der Waals surface area contributed by atoms with Crippen molar-refractivity contribution in [3.63, 3.8) is 0 Å². The molecule has 2 aliphatic heterocycles. The minimum Gasteiger partial charge on any atom is -0.369 e. The van der Waals surface area contributed by atoms with Crippen molar-refractivity contribution >= 4 is 23.4 Å². The van der Waals surface area contributed by atoms with E-state index < -0.39 is 0 Å². The van der Waals surface area contributed by atoms with E-state index in [1.54, 1.807) is 4.90 Å². The zero-order valence-electron chi connectivity index (χ0n) is 17.1. The van der Waals surface area contributed by atoms with E-state index in [1.165, 1.54) is 0 Å². The van der Waals surface area contributed by atoms with E-state index in [2.05, 4.69) is 10.2 Å². The summed E-state index contributed by atoms with van der Waals surface area (Å²) in [5.41, 5.74) is 7.31. The Morgan fingerprint density at radius 3 is 2.55 bits per heavy atom. The fourth-order valence-corrected chi connectivity index (χ4v) is 4.14. The lowest BCUT2D eigenvalue weighted by Gasteiger charge is -2.31. The highest BCUT2D eigenvalue weighted by Crippen LogP contribution is 2.19. The van der Waals surface area contributed by atoms with Crippen LogP contribution in [0.3, 0.4) is 0 Å². The molecule has 0 bridgehead atoms. The van der Waals surface area contributed by atoms with Gasteiger partial charge in [0.15, 0.2) is 0 Å². The Bertz CT molecular complexity index is 719. The number of nitrogens with one attached hydrogen (secondary N) is 1. The molecule has 1 aromatic rings. The maximum atomic E-state index is 12.4. The van der Waals surface area contributed by atoms with Gasteiger partial charge in [-0.05, 0) is 49.9 Å². The largest absolute Gasteiger partial charge is 0.369 e. The van der Waals surface area contributed by atoms with Gasteiger partial charge >= 0.3 is 0 Å². The Hall–Kier alpha value is -2.41. The molecule has 1 unspecified atom stereocenters. The van der Waals surface area contributed by atoms with Gasteiger partial charge in [-0.3, -0.25) is 19.3 Å². The summed E-state index contributed by atoms with van der Waals surface area (Å²) in [6, 6.07) is 7.76. The monoisotopic (exact) mass is 400 g/mol. The lowest BCUT2D eigenvalue weighted by atomic mass is 9.97. The molecule has 7 heteroatoms. The highest BCUT2D eigenvalue weighted by molar-refractivity contribution is 5.94. The van der Waals surface area contributed by atoms with Crippen molar-refractivity contribution in [3.8, 4) is 0 Å². The summed E-state index contributed by atoms with van der Waals surface area (Å²) in [6.45, 7) is 3.21. The molecule has 2 heterocycles. The second-order valence-corrected chi connectivity index (χ2v) is 8.20. The van der Waals surface area contributed by atoms with Crippen molar-refractivity contribution < 1.29 is 14.4 Å². The van der Waals surface area contributed by atoms with Crippen LogP contribution >= 0.6 is 0 Å². The number of hydrogen-bond acceptors (Lipinski definition) is 4. The average molecular weight is 401 g/mol. The SMILES string of the molecule is NC(=O)C1CCCN(Cc2ccc(NC(=O)CN3CCCCCCC3=O)cc2)C1. The average Bonchev–Trinajstić information content (AvgIpc) is 2.69. The van der Waals surface area contributed by atoms with Gasteiger partial charge in [0.25, 0.3) is 0 Å². The molecule has 7 nitrogen and oxygen atoms in total. The van der Waals surface area contributed by atoms with Crippen LogP contribution in [0.15, 0.2) is 24.3 Å². The first-order chi connectivity index (χ1) is 14.0. The third-order valence-corrected chi connectivity index (χ3v) is 5.81. The number of carbonyl (C=O) groups excluding carboxylic acids is 3. The van der Waals surface area contributed by atoms with E-state index in [4.69, 9.17) is 5.73 Å². The lowest BCUT2D eigenvalue weighted by molar-refractivity contribution is -0.135. The van der Waals surface area contributed by atoms with Crippen LogP contribution in [-0.2, 0) is 20.9 Å². The molecule has 1 aromatic carbocycles. The molecule has 2 aliphatic rings. The summed E-state index contributed by atoms with van der Waals surface area (Å²) in [5, 5.41) is 2.89. The van der Waals surface area contributed by atoms with E-state index in [-0.39, 0.29) is 30.2 Å². The number of rotatable bonds is 6. The van der Waals surface area contributed by atoms with Gasteiger partial charge in [0.1, 0.15) is 0 Å². The highest BCUT2D eigenvalue weighted by Gasteiger charge is 2.24. The topological polar surface area (TPSA) is 95.7 Å². The summed E-state index contributed by atoms with van der Waals surface area (Å²) in [4.78, 5) is 39.9. The number of likely N-dealkylation sites (tertiary alicyclic amines) is 2. The van der Waals surface area contributed by atoms with Crippen molar-refractivity contribution in [2.24, 2.45) is 11.7 Å². The molecule has 3 amide bonds. The molecular formula is C22H32N4O3. The van der Waals surface area contributed by atoms with Crippen molar-refractivity contribution in [1.82, 2.24) is 9.80 Å². The van der Waals surface area contributed by atoms with Gasteiger partial charge in [-0.2, -0.15) is 0 Å². The van der Waals surface area contributed by atoms with Crippen LogP contribution in [0.25, 0.3) is 0 Å². The van der Waals surface area contributed by atoms with E-state index in [9.17, 15) is 14.4 Å². The molecule has 158 valence electrons. The van der Waals surface area contributed by atoms with E-state index in [0.717, 1.165) is 62.9 Å². The quantitative estimate of drug-likeness (QED) is 0.764. The molecule has 0 radical (unpaired) electrons. The van der Waals surface area contributed by atoms with Gasteiger partial charge in [0.2, 0.25) is 17.7 Å². The van der Waals surface area contributed by atoms with Crippen molar-refractivity contribution in [3.05, 3.63) is 29.8 Å². The minimum atomic E-state index is -0.216. The number of primary amides is 1. The zero-order chi connectivity index (χ0) is 20.6. The van der Waals surface area contributed by atoms with Crippen LogP contribution < -0.4 is 11.1 Å². The lowest BCUT2D eigenvalue weighted by Crippen LogP contribution is -2.40. The van der Waals surface area contributed by atoms with E-state index >= 15 is 0 Å². The Kier molecular flexibility index (Phi) is 7.63. The molecule has 29 heavy (non-hydrogen) atoms. The molecular weight excluding hydrogens is 368 g/mol. The van der Waals surface area contributed by atoms with Crippen molar-refractivity contribution in [2.75, 3.05) is 31.5 Å². The summed E-state index contributed by atoms with van der Waals surface area (Å²) in [6.07, 6.45) is 6.47. The van der Waals surface area contributed by atoms with Gasteiger partial charge in [-0.15, -0.1) is 0 Å². The molecule has 1 atom stereocenters. The second kappa shape index (κ2) is 10.4. The van der Waals surface area contributed by atoms with Crippen molar-refractivity contribution in [1.29, 1.82) is 0 Å². The molecule has 0 saturated carbocycles. The fourth-order valence-electron chi connectivity index (χ4n) is 4.14. The number of amides is 3. The molecule has 2 fully saturated rings. The van der Waals surface area contributed by atoms with Crippen LogP contribution in [0.2, 0.25) is 0 Å². The molecule has 3 rings (SSSR count). The summed E-state index contributed by atoms with van der Waals surface area (Å²) in [7, 11) is 0. The molecule has 0 aromatic heterocycles. The number of benzene rings is 1. The summed E-state index contributed by atoms with van der Waals surface area (Å²) in [5.74, 6) is -0.363.